The van der Waals surface area contributed by atoms with Crippen LogP contribution in [0.2, 0.25) is 0 Å². The Bertz CT molecular complexity index is 335. The van der Waals surface area contributed by atoms with Gasteiger partial charge in [0.15, 0.2) is 0 Å². The Balaban J connectivity index is 1.85. The van der Waals surface area contributed by atoms with E-state index in [0.29, 0.717) is 13.0 Å². The lowest BCUT2D eigenvalue weighted by Gasteiger charge is -2.32. The predicted octanol–water partition coefficient (Wildman–Crippen LogP) is 1.89. The Morgan fingerprint density at radius 2 is 2.00 bits per heavy atom. The number of carbonyl (C=O) groups excluding carboxylic acids is 2. The molecule has 0 aromatic carbocycles. The van der Waals surface area contributed by atoms with Gasteiger partial charge in [0.1, 0.15) is 0 Å². The van der Waals surface area contributed by atoms with Crippen molar-refractivity contribution < 1.29 is 9.59 Å². The van der Waals surface area contributed by atoms with Crippen molar-refractivity contribution in [2.45, 2.75) is 46.0 Å². The number of unbranched alkanes of at least 4 members (excludes halogenated alkanes) is 1. The first-order chi connectivity index (χ1) is 9.11. The molecule has 0 aromatic heterocycles. The lowest BCUT2D eigenvalue weighted by atomic mass is 9.97. The fourth-order valence-corrected chi connectivity index (χ4v) is 2.99. The topological polar surface area (TPSA) is 40.6 Å². The molecule has 2 aliphatic heterocycles. The summed E-state index contributed by atoms with van der Waals surface area (Å²) < 4.78 is 0. The highest BCUT2D eigenvalue weighted by atomic mass is 16.2. The number of hydrogen-bond acceptors (Lipinski definition) is 2. The Morgan fingerprint density at radius 3 is 2.63 bits per heavy atom. The van der Waals surface area contributed by atoms with Crippen LogP contribution < -0.4 is 0 Å². The fourth-order valence-electron chi connectivity index (χ4n) is 2.99. The van der Waals surface area contributed by atoms with Crippen molar-refractivity contribution in [2.24, 2.45) is 11.8 Å². The number of rotatable bonds is 4. The maximum atomic E-state index is 12.4. The zero-order valence-corrected chi connectivity index (χ0v) is 12.2. The van der Waals surface area contributed by atoms with Gasteiger partial charge < -0.3 is 9.80 Å². The molecule has 2 heterocycles. The SMILES string of the molecule is CCCCN1C[C@H](C(=O)N2CCC(C)CC2)CC1=O. The number of hydrogen-bond donors (Lipinski definition) is 0. The van der Waals surface area contributed by atoms with E-state index >= 15 is 0 Å². The maximum Gasteiger partial charge on any atom is 0.227 e. The van der Waals surface area contributed by atoms with Crippen molar-refractivity contribution in [3.63, 3.8) is 0 Å². The zero-order valence-electron chi connectivity index (χ0n) is 12.2. The van der Waals surface area contributed by atoms with Crippen LogP contribution in [0.5, 0.6) is 0 Å². The molecule has 2 saturated heterocycles. The van der Waals surface area contributed by atoms with Crippen LogP contribution in [0.3, 0.4) is 0 Å². The Morgan fingerprint density at radius 1 is 1.32 bits per heavy atom. The van der Waals surface area contributed by atoms with Gasteiger partial charge >= 0.3 is 0 Å². The molecular weight excluding hydrogens is 240 g/mol. The van der Waals surface area contributed by atoms with Gasteiger partial charge in [0.2, 0.25) is 11.8 Å². The van der Waals surface area contributed by atoms with Gasteiger partial charge in [0.05, 0.1) is 5.92 Å². The van der Waals surface area contributed by atoms with Gasteiger partial charge in [-0.05, 0) is 25.2 Å². The van der Waals surface area contributed by atoms with Crippen molar-refractivity contribution in [2.75, 3.05) is 26.2 Å². The third-order valence-corrected chi connectivity index (χ3v) is 4.44. The number of piperidine rings is 1. The summed E-state index contributed by atoms with van der Waals surface area (Å²) in [4.78, 5) is 28.2. The second kappa shape index (κ2) is 6.40. The van der Waals surface area contributed by atoms with Gasteiger partial charge in [0, 0.05) is 32.6 Å². The van der Waals surface area contributed by atoms with Crippen LogP contribution in [0, 0.1) is 11.8 Å². The summed E-state index contributed by atoms with van der Waals surface area (Å²) in [7, 11) is 0. The van der Waals surface area contributed by atoms with Crippen LogP contribution >= 0.6 is 0 Å². The molecule has 0 saturated carbocycles. The van der Waals surface area contributed by atoms with Gasteiger partial charge in [-0.25, -0.2) is 0 Å². The van der Waals surface area contributed by atoms with E-state index in [9.17, 15) is 9.59 Å². The van der Waals surface area contributed by atoms with Crippen LogP contribution in [0.1, 0.15) is 46.0 Å². The first-order valence-corrected chi connectivity index (χ1v) is 7.68. The minimum absolute atomic E-state index is 0.0854. The van der Waals surface area contributed by atoms with Crippen molar-refractivity contribution >= 4 is 11.8 Å². The van der Waals surface area contributed by atoms with E-state index in [2.05, 4.69) is 13.8 Å². The second-order valence-corrected chi connectivity index (χ2v) is 6.10. The fraction of sp³-hybridized carbons (Fsp3) is 0.867. The van der Waals surface area contributed by atoms with Gasteiger partial charge in [-0.15, -0.1) is 0 Å². The third-order valence-electron chi connectivity index (χ3n) is 4.44. The quantitative estimate of drug-likeness (QED) is 0.779. The molecule has 2 fully saturated rings. The molecule has 0 spiro atoms. The molecule has 0 aromatic rings. The van der Waals surface area contributed by atoms with Crippen molar-refractivity contribution in [1.29, 1.82) is 0 Å². The minimum Gasteiger partial charge on any atom is -0.342 e. The lowest BCUT2D eigenvalue weighted by molar-refractivity contribution is -0.137. The highest BCUT2D eigenvalue weighted by Crippen LogP contribution is 2.23. The molecule has 0 aliphatic carbocycles. The van der Waals surface area contributed by atoms with Crippen molar-refractivity contribution in [1.82, 2.24) is 9.80 Å². The van der Waals surface area contributed by atoms with E-state index in [-0.39, 0.29) is 17.7 Å². The van der Waals surface area contributed by atoms with Crippen LogP contribution in [0.25, 0.3) is 0 Å². The normalized spacial score (nSPS) is 25.2. The van der Waals surface area contributed by atoms with E-state index in [1.165, 1.54) is 0 Å². The molecule has 2 rings (SSSR count). The zero-order chi connectivity index (χ0) is 13.8. The molecule has 4 heteroatoms. The molecule has 2 amide bonds. The molecule has 0 radical (unpaired) electrons. The number of amides is 2. The highest BCUT2D eigenvalue weighted by Gasteiger charge is 2.36. The molecule has 19 heavy (non-hydrogen) atoms. The molecule has 0 unspecified atom stereocenters. The molecular formula is C15H26N2O2. The summed E-state index contributed by atoms with van der Waals surface area (Å²) in [6.07, 6.45) is 4.76. The highest BCUT2D eigenvalue weighted by molar-refractivity contribution is 5.89. The summed E-state index contributed by atoms with van der Waals surface area (Å²) in [5.41, 5.74) is 0. The van der Waals surface area contributed by atoms with E-state index in [1.807, 2.05) is 9.80 Å². The van der Waals surface area contributed by atoms with Gasteiger partial charge in [0.25, 0.3) is 0 Å². The summed E-state index contributed by atoms with van der Waals surface area (Å²) in [6, 6.07) is 0. The van der Waals surface area contributed by atoms with Gasteiger partial charge in [-0.2, -0.15) is 0 Å². The van der Waals surface area contributed by atoms with Crippen LogP contribution in [-0.4, -0.2) is 47.8 Å². The molecule has 0 N–H and O–H groups in total. The molecule has 108 valence electrons. The number of nitrogens with zero attached hydrogens (tertiary/aromatic N) is 2. The summed E-state index contributed by atoms with van der Waals surface area (Å²) in [5, 5.41) is 0. The van der Waals surface area contributed by atoms with Gasteiger partial charge in [-0.1, -0.05) is 20.3 Å². The Kier molecular flexibility index (Phi) is 4.83. The lowest BCUT2D eigenvalue weighted by Crippen LogP contribution is -2.42. The molecule has 0 bridgehead atoms. The maximum absolute atomic E-state index is 12.4. The Hall–Kier alpha value is -1.06. The summed E-state index contributed by atoms with van der Waals surface area (Å²) in [6.45, 7) is 7.57. The molecule has 4 nitrogen and oxygen atoms in total. The first kappa shape index (κ1) is 14.4. The second-order valence-electron chi connectivity index (χ2n) is 6.10. The largest absolute Gasteiger partial charge is 0.342 e. The average molecular weight is 266 g/mol. The first-order valence-electron chi connectivity index (χ1n) is 7.68. The van der Waals surface area contributed by atoms with Crippen LogP contribution in [0.4, 0.5) is 0 Å². The Labute approximate surface area is 116 Å². The van der Waals surface area contributed by atoms with E-state index < -0.39 is 0 Å². The molecule has 1 atom stereocenters. The van der Waals surface area contributed by atoms with Crippen LogP contribution in [0.15, 0.2) is 0 Å². The van der Waals surface area contributed by atoms with E-state index in [4.69, 9.17) is 0 Å². The van der Waals surface area contributed by atoms with E-state index in [1.54, 1.807) is 0 Å². The summed E-state index contributed by atoms with van der Waals surface area (Å²) in [5.74, 6) is 1.02. The number of likely N-dealkylation sites (tertiary alicyclic amines) is 2. The standard InChI is InChI=1S/C15H26N2O2/c1-3-4-7-17-11-13(10-14(17)18)15(19)16-8-5-12(2)6-9-16/h12-13H,3-11H2,1-2H3/t13-/m1/s1. The smallest absolute Gasteiger partial charge is 0.227 e. The molecule has 2 aliphatic rings. The van der Waals surface area contributed by atoms with Gasteiger partial charge in [-0.3, -0.25) is 9.59 Å². The number of carbonyl (C=O) groups is 2. The van der Waals surface area contributed by atoms with Crippen molar-refractivity contribution in [3.8, 4) is 0 Å². The minimum atomic E-state index is -0.0854. The predicted molar refractivity (Wildman–Crippen MR) is 74.6 cm³/mol. The third kappa shape index (κ3) is 3.48. The average Bonchev–Trinajstić information content (AvgIpc) is 2.78. The van der Waals surface area contributed by atoms with Crippen LogP contribution in [-0.2, 0) is 9.59 Å². The van der Waals surface area contributed by atoms with Crippen molar-refractivity contribution in [3.05, 3.63) is 0 Å². The van der Waals surface area contributed by atoms with E-state index in [0.717, 1.165) is 51.2 Å². The summed E-state index contributed by atoms with van der Waals surface area (Å²) >= 11 is 0. The monoisotopic (exact) mass is 266 g/mol.